The van der Waals surface area contributed by atoms with Crippen LogP contribution in [0.15, 0.2) is 66.9 Å². The average molecular weight is 563 g/mol. The number of anilines is 2. The molecule has 0 bridgehead atoms. The molecule has 40 heavy (non-hydrogen) atoms. The normalized spacial score (nSPS) is 13.4. The topological polar surface area (TPSA) is 124 Å². The Morgan fingerprint density at radius 3 is 2.30 bits per heavy atom. The van der Waals surface area contributed by atoms with Gasteiger partial charge in [-0.05, 0) is 61.4 Å². The number of methoxy groups -OCH3 is 1. The number of benzene rings is 3. The maximum absolute atomic E-state index is 15.5. The summed E-state index contributed by atoms with van der Waals surface area (Å²) in [5, 5.41) is 3.46. The Labute approximate surface area is 233 Å². The first kappa shape index (κ1) is 26.9. The van der Waals surface area contributed by atoms with Crippen LogP contribution < -0.4 is 25.4 Å². The number of nitrogens with one attached hydrogen (secondary N) is 1. The highest BCUT2D eigenvalue weighted by atomic mass is 35.5. The van der Waals surface area contributed by atoms with Crippen molar-refractivity contribution >= 4 is 51.6 Å². The number of rotatable bonds is 8. The summed E-state index contributed by atoms with van der Waals surface area (Å²) in [6, 6.07) is 15.1. The van der Waals surface area contributed by atoms with E-state index in [1.807, 2.05) is 0 Å². The van der Waals surface area contributed by atoms with E-state index >= 15 is 4.39 Å². The van der Waals surface area contributed by atoms with Crippen LogP contribution in [-0.4, -0.2) is 36.9 Å². The fourth-order valence-corrected chi connectivity index (χ4v) is 4.55. The van der Waals surface area contributed by atoms with Crippen LogP contribution in [0.3, 0.4) is 0 Å². The van der Waals surface area contributed by atoms with Gasteiger partial charge in [0, 0.05) is 41.5 Å². The summed E-state index contributed by atoms with van der Waals surface area (Å²) < 4.78 is 26.8. The van der Waals surface area contributed by atoms with Crippen LogP contribution in [0, 0.1) is 11.2 Å². The Balaban J connectivity index is 1.53. The van der Waals surface area contributed by atoms with Gasteiger partial charge in [0.25, 0.3) is 5.91 Å². The van der Waals surface area contributed by atoms with Crippen LogP contribution in [0.1, 0.15) is 23.2 Å². The number of amides is 3. The Hall–Kier alpha value is -4.70. The van der Waals surface area contributed by atoms with E-state index in [4.69, 9.17) is 26.8 Å². The summed E-state index contributed by atoms with van der Waals surface area (Å²) in [5.41, 5.74) is 5.51. The van der Waals surface area contributed by atoms with E-state index in [2.05, 4.69) is 10.3 Å². The number of carbonyl (C=O) groups excluding carboxylic acids is 3. The smallest absolute Gasteiger partial charge is 0.254 e. The van der Waals surface area contributed by atoms with E-state index in [1.54, 1.807) is 42.5 Å². The molecule has 3 aromatic carbocycles. The van der Waals surface area contributed by atoms with Gasteiger partial charge in [0.15, 0.2) is 11.6 Å². The van der Waals surface area contributed by atoms with Gasteiger partial charge < -0.3 is 20.5 Å². The molecule has 1 aromatic heterocycles. The number of aromatic nitrogens is 1. The number of carbonyl (C=O) groups is 3. The number of hydrogen-bond donors (Lipinski definition) is 2. The quantitative estimate of drug-likeness (QED) is 0.287. The maximum Gasteiger partial charge on any atom is 0.254 e. The van der Waals surface area contributed by atoms with Crippen molar-refractivity contribution in [2.75, 3.05) is 19.1 Å². The molecule has 5 rings (SSSR count). The first-order chi connectivity index (χ1) is 19.2. The second-order valence-electron chi connectivity index (χ2n) is 9.24. The molecule has 1 fully saturated rings. The number of nitrogens with two attached hydrogens (primary N) is 1. The third kappa shape index (κ3) is 4.77. The fourth-order valence-electron chi connectivity index (χ4n) is 4.43. The molecule has 4 aromatic rings. The highest BCUT2D eigenvalue weighted by Gasteiger charge is 2.57. The molecule has 1 aliphatic rings. The van der Waals surface area contributed by atoms with Gasteiger partial charge in [-0.25, -0.2) is 4.39 Å². The van der Waals surface area contributed by atoms with E-state index in [9.17, 15) is 14.4 Å². The van der Waals surface area contributed by atoms with Gasteiger partial charge in [-0.1, -0.05) is 11.6 Å². The van der Waals surface area contributed by atoms with Crippen molar-refractivity contribution < 1.29 is 28.2 Å². The number of pyridine rings is 1. The SMILES string of the molecule is CNC(=O)c1cc2c(Oc3ccc(N(C(=O)C4(C(N)=O)CC4)c4ccc(Cl)cc4)cc3F)ccnc2cc1OC. The monoisotopic (exact) mass is 562 g/mol. The van der Waals surface area contributed by atoms with Crippen molar-refractivity contribution in [1.29, 1.82) is 0 Å². The molecular weight excluding hydrogens is 539 g/mol. The lowest BCUT2D eigenvalue weighted by Crippen LogP contribution is -2.41. The van der Waals surface area contributed by atoms with Crippen LogP contribution in [0.25, 0.3) is 10.9 Å². The van der Waals surface area contributed by atoms with E-state index in [1.165, 1.54) is 37.4 Å². The summed E-state index contributed by atoms with van der Waals surface area (Å²) in [7, 11) is 2.94. The molecule has 1 aliphatic carbocycles. The first-order valence-corrected chi connectivity index (χ1v) is 12.6. The van der Waals surface area contributed by atoms with Crippen molar-refractivity contribution in [2.45, 2.75) is 12.8 Å². The van der Waals surface area contributed by atoms with Crippen LogP contribution in [0.5, 0.6) is 17.2 Å². The number of nitrogens with zero attached hydrogens (tertiary/aromatic N) is 2. The van der Waals surface area contributed by atoms with E-state index < -0.39 is 23.0 Å². The zero-order chi connectivity index (χ0) is 28.6. The van der Waals surface area contributed by atoms with Gasteiger partial charge in [0.05, 0.1) is 23.9 Å². The van der Waals surface area contributed by atoms with Gasteiger partial charge in [-0.15, -0.1) is 0 Å². The van der Waals surface area contributed by atoms with E-state index in [-0.39, 0.29) is 28.7 Å². The lowest BCUT2D eigenvalue weighted by Gasteiger charge is -2.27. The second-order valence-corrected chi connectivity index (χ2v) is 9.67. The molecule has 0 saturated heterocycles. The van der Waals surface area contributed by atoms with E-state index in [0.29, 0.717) is 40.2 Å². The van der Waals surface area contributed by atoms with Crippen molar-refractivity contribution in [3.8, 4) is 17.2 Å². The number of fused-ring (bicyclic) bond motifs is 1. The third-order valence-corrected chi connectivity index (χ3v) is 7.06. The molecule has 9 nitrogen and oxygen atoms in total. The first-order valence-electron chi connectivity index (χ1n) is 12.2. The predicted octanol–water partition coefficient (Wildman–Crippen LogP) is 5.12. The summed E-state index contributed by atoms with van der Waals surface area (Å²) in [5.74, 6) is -1.98. The highest BCUT2D eigenvalue weighted by molar-refractivity contribution is 6.30. The Bertz CT molecular complexity index is 1660. The number of primary amides is 1. The lowest BCUT2D eigenvalue weighted by atomic mass is 10.0. The largest absolute Gasteiger partial charge is 0.496 e. The summed E-state index contributed by atoms with van der Waals surface area (Å²) in [6.07, 6.45) is 2.11. The Morgan fingerprint density at radius 1 is 1.00 bits per heavy atom. The zero-order valence-electron chi connectivity index (χ0n) is 21.5. The van der Waals surface area contributed by atoms with Crippen molar-refractivity contribution in [3.05, 3.63) is 83.3 Å². The standard InChI is InChI=1S/C29H24ClFN4O5/c1-33-26(36)20-14-19-22(15-25(20)39-2)34-12-9-23(19)40-24-8-7-18(13-21(24)31)35(17-5-3-16(30)4-6-17)28(38)29(10-11-29)27(32)37/h3-9,12-15H,10-11H2,1-2H3,(H2,32,37)(H,33,36). The Morgan fingerprint density at radius 2 is 1.70 bits per heavy atom. The molecule has 1 heterocycles. The third-order valence-electron chi connectivity index (χ3n) is 6.81. The van der Waals surface area contributed by atoms with Gasteiger partial charge in [0.1, 0.15) is 16.9 Å². The minimum atomic E-state index is -1.34. The van der Waals surface area contributed by atoms with Gasteiger partial charge in [-0.2, -0.15) is 0 Å². The zero-order valence-corrected chi connectivity index (χ0v) is 22.3. The number of ether oxygens (including phenoxy) is 2. The number of halogens is 2. The summed E-state index contributed by atoms with van der Waals surface area (Å²) in [4.78, 5) is 43.6. The molecular formula is C29H24ClFN4O5. The fraction of sp³-hybridized carbons (Fsp3) is 0.172. The summed E-state index contributed by atoms with van der Waals surface area (Å²) >= 11 is 6.02. The van der Waals surface area contributed by atoms with Gasteiger partial charge >= 0.3 is 0 Å². The molecule has 0 aliphatic heterocycles. The van der Waals surface area contributed by atoms with Crippen LogP contribution in [-0.2, 0) is 9.59 Å². The van der Waals surface area contributed by atoms with Crippen LogP contribution in [0.2, 0.25) is 5.02 Å². The van der Waals surface area contributed by atoms with Crippen molar-refractivity contribution in [3.63, 3.8) is 0 Å². The maximum atomic E-state index is 15.5. The minimum absolute atomic E-state index is 0.131. The molecule has 3 amide bonds. The highest BCUT2D eigenvalue weighted by Crippen LogP contribution is 2.49. The average Bonchev–Trinajstić information content (AvgIpc) is 3.77. The molecule has 0 radical (unpaired) electrons. The molecule has 1 saturated carbocycles. The molecule has 0 atom stereocenters. The minimum Gasteiger partial charge on any atom is -0.496 e. The second kappa shape index (κ2) is 10.5. The molecule has 3 N–H and O–H groups in total. The molecule has 0 unspecified atom stereocenters. The molecule has 11 heteroatoms. The number of hydrogen-bond acceptors (Lipinski definition) is 6. The van der Waals surface area contributed by atoms with Gasteiger partial charge in [0.2, 0.25) is 11.8 Å². The summed E-state index contributed by atoms with van der Waals surface area (Å²) in [6.45, 7) is 0. The van der Waals surface area contributed by atoms with Gasteiger partial charge in [-0.3, -0.25) is 24.3 Å². The lowest BCUT2D eigenvalue weighted by molar-refractivity contribution is -0.133. The van der Waals surface area contributed by atoms with E-state index in [0.717, 1.165) is 6.07 Å². The van der Waals surface area contributed by atoms with Crippen molar-refractivity contribution in [1.82, 2.24) is 10.3 Å². The van der Waals surface area contributed by atoms with Crippen molar-refractivity contribution in [2.24, 2.45) is 11.1 Å². The molecule has 204 valence electrons. The van der Waals surface area contributed by atoms with Crippen LogP contribution in [0.4, 0.5) is 15.8 Å². The van der Waals surface area contributed by atoms with Crippen LogP contribution >= 0.6 is 11.6 Å². The Kier molecular flexibility index (Phi) is 7.03. The molecule has 0 spiro atoms. The predicted molar refractivity (Wildman–Crippen MR) is 148 cm³/mol.